The van der Waals surface area contributed by atoms with E-state index >= 15 is 0 Å². The van der Waals surface area contributed by atoms with E-state index in [4.69, 9.17) is 4.74 Å². The van der Waals surface area contributed by atoms with E-state index in [9.17, 15) is 13.9 Å². The summed E-state index contributed by atoms with van der Waals surface area (Å²) in [7, 11) is 1.70. The molecular weight excluding hydrogens is 302 g/mol. The number of β-amino-alcohol motifs (C(OH)–C–C–N with tert-alkyl or cyclic N) is 1. The highest BCUT2D eigenvalue weighted by Gasteiger charge is 2.27. The van der Waals surface area contributed by atoms with Crippen molar-refractivity contribution in [2.24, 2.45) is 0 Å². The molecule has 0 bridgehead atoms. The normalized spacial score (nSPS) is 21.5. The van der Waals surface area contributed by atoms with Crippen LogP contribution in [0.15, 0.2) is 18.2 Å². The maximum absolute atomic E-state index is 13.8. The van der Waals surface area contributed by atoms with Gasteiger partial charge in [0.1, 0.15) is 11.6 Å². The Hall–Kier alpha value is -1.08. The third-order valence-electron chi connectivity index (χ3n) is 4.50. The summed E-state index contributed by atoms with van der Waals surface area (Å²) in [6.07, 6.45) is 0.0694. The van der Waals surface area contributed by atoms with Gasteiger partial charge in [-0.1, -0.05) is 13.0 Å². The molecule has 1 aliphatic heterocycles. The van der Waals surface area contributed by atoms with Crippen LogP contribution in [0.3, 0.4) is 0 Å². The summed E-state index contributed by atoms with van der Waals surface area (Å²) in [6, 6.07) is 3.72. The molecule has 1 heterocycles. The molecule has 1 aromatic rings. The first kappa shape index (κ1) is 18.3. The number of rotatable bonds is 7. The predicted octanol–water partition coefficient (Wildman–Crippen LogP) is 2.04. The summed E-state index contributed by atoms with van der Waals surface area (Å²) in [6.45, 7) is 6.67. The minimum atomic E-state index is -0.946. The number of ether oxygens (including phenoxy) is 1. The van der Waals surface area contributed by atoms with E-state index in [1.807, 2.05) is 0 Å². The Labute approximate surface area is 136 Å². The molecule has 1 aliphatic rings. The van der Waals surface area contributed by atoms with Gasteiger partial charge >= 0.3 is 0 Å². The van der Waals surface area contributed by atoms with Crippen LogP contribution < -0.4 is 0 Å². The molecule has 0 aromatic heterocycles. The largest absolute Gasteiger partial charge is 0.387 e. The highest BCUT2D eigenvalue weighted by atomic mass is 19.1. The molecule has 1 fully saturated rings. The van der Waals surface area contributed by atoms with Crippen LogP contribution in [0.25, 0.3) is 0 Å². The molecule has 1 N–H and O–H groups in total. The van der Waals surface area contributed by atoms with Gasteiger partial charge in [0, 0.05) is 57.5 Å². The van der Waals surface area contributed by atoms with Gasteiger partial charge in [-0.05, 0) is 12.5 Å². The van der Waals surface area contributed by atoms with Crippen molar-refractivity contribution >= 4 is 0 Å². The third kappa shape index (κ3) is 4.94. The van der Waals surface area contributed by atoms with E-state index < -0.39 is 17.7 Å². The Kier molecular flexibility index (Phi) is 6.89. The zero-order chi connectivity index (χ0) is 16.8. The number of aliphatic hydroxyl groups is 1. The number of aliphatic hydroxyl groups excluding tert-OH is 1. The molecule has 2 rings (SSSR count). The van der Waals surface area contributed by atoms with Crippen molar-refractivity contribution in [2.45, 2.75) is 25.5 Å². The van der Waals surface area contributed by atoms with Gasteiger partial charge in [-0.3, -0.25) is 9.80 Å². The molecule has 6 heteroatoms. The molecule has 0 aliphatic carbocycles. The lowest BCUT2D eigenvalue weighted by Gasteiger charge is -2.41. The van der Waals surface area contributed by atoms with E-state index in [0.717, 1.165) is 38.7 Å². The molecule has 0 unspecified atom stereocenters. The molecule has 2 atom stereocenters. The van der Waals surface area contributed by atoms with Crippen LogP contribution in [0.4, 0.5) is 8.78 Å². The molecule has 1 saturated heterocycles. The fraction of sp³-hybridized carbons (Fsp3) is 0.647. The second-order valence-electron chi connectivity index (χ2n) is 6.03. The van der Waals surface area contributed by atoms with Crippen LogP contribution in [0, 0.1) is 11.6 Å². The number of piperazine rings is 1. The molecule has 1 aromatic carbocycles. The summed E-state index contributed by atoms with van der Waals surface area (Å²) in [5, 5.41) is 10.3. The molecule has 0 amide bonds. The number of nitrogens with zero attached hydrogens (tertiary/aromatic N) is 2. The number of hydrogen-bond acceptors (Lipinski definition) is 4. The lowest BCUT2D eigenvalue weighted by atomic mass is 10.1. The number of methoxy groups -OCH3 is 1. The highest BCUT2D eigenvalue weighted by Crippen LogP contribution is 2.21. The smallest absolute Gasteiger partial charge is 0.131 e. The Morgan fingerprint density at radius 2 is 2.13 bits per heavy atom. The minimum Gasteiger partial charge on any atom is -0.387 e. The Balaban J connectivity index is 1.93. The molecular formula is C17H26F2N2O2. The SMILES string of the molecule is CC[C@@H]1CN(C[C@@H](O)c2ccc(F)cc2F)CCN1CCOC. The summed E-state index contributed by atoms with van der Waals surface area (Å²) < 4.78 is 31.9. The van der Waals surface area contributed by atoms with Gasteiger partial charge in [-0.25, -0.2) is 8.78 Å². The summed E-state index contributed by atoms with van der Waals surface area (Å²) in [5.74, 6) is -1.32. The van der Waals surface area contributed by atoms with Crippen molar-refractivity contribution in [1.82, 2.24) is 9.80 Å². The van der Waals surface area contributed by atoms with Gasteiger partial charge in [-0.2, -0.15) is 0 Å². The van der Waals surface area contributed by atoms with E-state index in [0.29, 0.717) is 19.2 Å². The molecule has 0 radical (unpaired) electrons. The highest BCUT2D eigenvalue weighted by molar-refractivity contribution is 5.21. The van der Waals surface area contributed by atoms with Crippen LogP contribution in [0.1, 0.15) is 25.0 Å². The van der Waals surface area contributed by atoms with Crippen molar-refractivity contribution in [3.05, 3.63) is 35.4 Å². The average molecular weight is 328 g/mol. The van der Waals surface area contributed by atoms with Crippen molar-refractivity contribution in [2.75, 3.05) is 46.4 Å². The maximum Gasteiger partial charge on any atom is 0.131 e. The van der Waals surface area contributed by atoms with Gasteiger partial charge in [0.25, 0.3) is 0 Å². The first-order valence-corrected chi connectivity index (χ1v) is 8.13. The van der Waals surface area contributed by atoms with Gasteiger partial charge in [-0.15, -0.1) is 0 Å². The second-order valence-corrected chi connectivity index (χ2v) is 6.03. The van der Waals surface area contributed by atoms with Gasteiger partial charge in [0.15, 0.2) is 0 Å². The molecule has 23 heavy (non-hydrogen) atoms. The predicted molar refractivity (Wildman–Crippen MR) is 85.3 cm³/mol. The van der Waals surface area contributed by atoms with Gasteiger partial charge < -0.3 is 9.84 Å². The van der Waals surface area contributed by atoms with Crippen molar-refractivity contribution in [3.63, 3.8) is 0 Å². The Morgan fingerprint density at radius 3 is 2.78 bits per heavy atom. The first-order valence-electron chi connectivity index (χ1n) is 8.13. The molecule has 4 nitrogen and oxygen atoms in total. The van der Waals surface area contributed by atoms with E-state index in [1.165, 1.54) is 12.1 Å². The summed E-state index contributed by atoms with van der Waals surface area (Å²) in [5.41, 5.74) is 0.154. The fourth-order valence-corrected chi connectivity index (χ4v) is 3.13. The number of benzene rings is 1. The van der Waals surface area contributed by atoms with Crippen molar-refractivity contribution in [3.8, 4) is 0 Å². The third-order valence-corrected chi connectivity index (χ3v) is 4.50. The van der Waals surface area contributed by atoms with Crippen molar-refractivity contribution in [1.29, 1.82) is 0 Å². The quantitative estimate of drug-likeness (QED) is 0.831. The standard InChI is InChI=1S/C17H26F2N2O2/c1-3-14-11-20(6-7-21(14)8-9-23-2)12-17(22)15-5-4-13(18)10-16(15)19/h4-5,10,14,17,22H,3,6-9,11-12H2,1-2H3/t14-,17-/m1/s1. The van der Waals surface area contributed by atoms with E-state index in [1.54, 1.807) is 7.11 Å². The van der Waals surface area contributed by atoms with Crippen LogP contribution in [0.2, 0.25) is 0 Å². The minimum absolute atomic E-state index is 0.154. The fourth-order valence-electron chi connectivity index (χ4n) is 3.13. The number of hydrogen-bond donors (Lipinski definition) is 1. The molecule has 0 spiro atoms. The Morgan fingerprint density at radius 1 is 1.35 bits per heavy atom. The van der Waals surface area contributed by atoms with Crippen molar-refractivity contribution < 1.29 is 18.6 Å². The monoisotopic (exact) mass is 328 g/mol. The zero-order valence-corrected chi connectivity index (χ0v) is 13.8. The Bertz CT molecular complexity index is 501. The lowest BCUT2D eigenvalue weighted by Crippen LogP contribution is -2.54. The summed E-state index contributed by atoms with van der Waals surface area (Å²) in [4.78, 5) is 4.54. The maximum atomic E-state index is 13.8. The first-order chi connectivity index (χ1) is 11.0. The lowest BCUT2D eigenvalue weighted by molar-refractivity contribution is 0.0253. The van der Waals surface area contributed by atoms with Crippen LogP contribution in [-0.2, 0) is 4.74 Å². The topological polar surface area (TPSA) is 35.9 Å². The molecule has 130 valence electrons. The summed E-state index contributed by atoms with van der Waals surface area (Å²) >= 11 is 0. The van der Waals surface area contributed by atoms with Crippen LogP contribution in [0.5, 0.6) is 0 Å². The second kappa shape index (κ2) is 8.68. The van der Waals surface area contributed by atoms with Gasteiger partial charge in [0.05, 0.1) is 12.7 Å². The number of halogens is 2. The van der Waals surface area contributed by atoms with Crippen LogP contribution >= 0.6 is 0 Å². The zero-order valence-electron chi connectivity index (χ0n) is 13.8. The van der Waals surface area contributed by atoms with Gasteiger partial charge in [0.2, 0.25) is 0 Å². The average Bonchev–Trinajstić information content (AvgIpc) is 2.53. The van der Waals surface area contributed by atoms with Crippen LogP contribution in [-0.4, -0.2) is 67.4 Å². The van der Waals surface area contributed by atoms with E-state index in [-0.39, 0.29) is 5.56 Å². The molecule has 0 saturated carbocycles. The van der Waals surface area contributed by atoms with E-state index in [2.05, 4.69) is 16.7 Å².